The molecule has 1 aromatic heterocycles. The lowest BCUT2D eigenvalue weighted by molar-refractivity contribution is 0.0950. The molecule has 45 heavy (non-hydrogen) atoms. The smallest absolute Gasteiger partial charge is 0.323 e. The van der Waals surface area contributed by atoms with Gasteiger partial charge in [-0.15, -0.1) is 0 Å². The molecule has 8 nitrogen and oxygen atoms in total. The van der Waals surface area contributed by atoms with Crippen molar-refractivity contribution in [3.05, 3.63) is 123 Å². The zero-order valence-electron chi connectivity index (χ0n) is 24.6. The number of aromatic nitrogens is 1. The van der Waals surface area contributed by atoms with Crippen LogP contribution in [0.1, 0.15) is 46.4 Å². The van der Waals surface area contributed by atoms with Gasteiger partial charge in [0.25, 0.3) is 11.5 Å². The number of carbonyl (C=O) groups excluding carboxylic acids is 2. The molecule has 3 aromatic carbocycles. The van der Waals surface area contributed by atoms with Crippen LogP contribution in [0.4, 0.5) is 35.0 Å². The van der Waals surface area contributed by atoms with Crippen molar-refractivity contribution in [2.45, 2.75) is 38.8 Å². The van der Waals surface area contributed by atoms with Crippen LogP contribution in [-0.4, -0.2) is 29.6 Å². The highest BCUT2D eigenvalue weighted by molar-refractivity contribution is 6.04. The maximum absolute atomic E-state index is 14.2. The Morgan fingerprint density at radius 2 is 1.64 bits per heavy atom. The van der Waals surface area contributed by atoms with Gasteiger partial charge in [0.1, 0.15) is 17.5 Å². The van der Waals surface area contributed by atoms with Crippen molar-refractivity contribution >= 4 is 29.0 Å². The molecule has 3 amide bonds. The van der Waals surface area contributed by atoms with Gasteiger partial charge in [-0.2, -0.15) is 0 Å². The lowest BCUT2D eigenvalue weighted by Crippen LogP contribution is -2.47. The molecule has 2 aliphatic heterocycles. The van der Waals surface area contributed by atoms with Crippen molar-refractivity contribution < 1.29 is 22.8 Å². The second-order valence-corrected chi connectivity index (χ2v) is 11.5. The molecule has 0 saturated carbocycles. The Kier molecular flexibility index (Phi) is 8.34. The van der Waals surface area contributed by atoms with E-state index in [2.05, 4.69) is 20.9 Å². The summed E-state index contributed by atoms with van der Waals surface area (Å²) < 4.78 is 43.5. The molecule has 0 radical (unpaired) electrons. The van der Waals surface area contributed by atoms with Crippen LogP contribution in [0.25, 0.3) is 0 Å². The summed E-state index contributed by atoms with van der Waals surface area (Å²) in [7, 11) is 0. The molecule has 4 aromatic rings. The number of pyridine rings is 1. The summed E-state index contributed by atoms with van der Waals surface area (Å²) in [6.07, 6.45) is 1.80. The molecule has 1 fully saturated rings. The molecule has 0 aliphatic carbocycles. The molecule has 3 N–H and O–H groups in total. The fourth-order valence-electron chi connectivity index (χ4n) is 6.27. The molecule has 11 heteroatoms. The van der Waals surface area contributed by atoms with Gasteiger partial charge in [0, 0.05) is 72.8 Å². The van der Waals surface area contributed by atoms with Crippen molar-refractivity contribution in [3.63, 3.8) is 0 Å². The van der Waals surface area contributed by atoms with Gasteiger partial charge in [-0.25, -0.2) is 18.0 Å². The van der Waals surface area contributed by atoms with E-state index >= 15 is 0 Å². The van der Waals surface area contributed by atoms with Gasteiger partial charge < -0.3 is 25.4 Å². The Balaban J connectivity index is 1.26. The highest BCUT2D eigenvalue weighted by atomic mass is 19.1. The number of benzene rings is 3. The zero-order chi connectivity index (χ0) is 31.7. The topological polar surface area (TPSA) is 95.5 Å². The number of aryl methyl sites for hydroxylation is 1. The summed E-state index contributed by atoms with van der Waals surface area (Å²) in [5, 5.41) is 8.19. The second kappa shape index (κ2) is 12.5. The number of fused-ring (bicyclic) bond motifs is 4. The average Bonchev–Trinajstić information content (AvgIpc) is 3.01. The minimum atomic E-state index is -1.10. The number of rotatable bonds is 7. The van der Waals surface area contributed by atoms with Crippen LogP contribution >= 0.6 is 0 Å². The number of hydrogen-bond donors (Lipinski definition) is 3. The number of urea groups is 1. The van der Waals surface area contributed by atoms with Crippen molar-refractivity contribution in [1.82, 2.24) is 9.88 Å². The quantitative estimate of drug-likeness (QED) is 0.237. The number of halogens is 3. The summed E-state index contributed by atoms with van der Waals surface area (Å²) in [5.74, 6) is -3.58. The van der Waals surface area contributed by atoms with Crippen LogP contribution in [-0.2, 0) is 19.5 Å². The Morgan fingerprint density at radius 3 is 2.38 bits per heavy atom. The van der Waals surface area contributed by atoms with Gasteiger partial charge in [0.05, 0.1) is 11.4 Å². The molecule has 1 saturated heterocycles. The van der Waals surface area contributed by atoms with E-state index < -0.39 is 41.5 Å². The maximum atomic E-state index is 14.2. The number of piperidine rings is 1. The Labute approximate surface area is 257 Å². The van der Waals surface area contributed by atoms with Crippen LogP contribution < -0.4 is 26.4 Å². The van der Waals surface area contributed by atoms with E-state index in [1.807, 2.05) is 41.8 Å². The second-order valence-electron chi connectivity index (χ2n) is 11.5. The molecular weight excluding hydrogens is 583 g/mol. The molecule has 3 heterocycles. The van der Waals surface area contributed by atoms with E-state index in [1.165, 1.54) is 6.07 Å². The standard InChI is InChI=1S/C34H32F3N5O3/c1-2-20-6-9-25(10-7-20)39-34(45)40-29-13-22(33(44)38-16-26-27(36)14-24(35)15-28(26)37)8-11-31(29)41-17-21-12-23(19-41)30-4-3-5-32(43)42(30)18-21/h3-11,13-15,21,23H,2,12,16-19H2,1H3,(H,38,44)(H2,39,40,45)/t21-,23+/m1/s1. The van der Waals surface area contributed by atoms with Crippen LogP contribution in [0.2, 0.25) is 0 Å². The van der Waals surface area contributed by atoms with Crippen LogP contribution in [0, 0.1) is 23.4 Å². The van der Waals surface area contributed by atoms with E-state index in [1.54, 1.807) is 24.3 Å². The summed E-state index contributed by atoms with van der Waals surface area (Å²) in [4.78, 5) is 40.9. The first-order valence-electron chi connectivity index (χ1n) is 14.9. The maximum Gasteiger partial charge on any atom is 0.323 e. The van der Waals surface area contributed by atoms with E-state index in [0.29, 0.717) is 48.8 Å². The predicted molar refractivity (Wildman–Crippen MR) is 166 cm³/mol. The third-order valence-corrected chi connectivity index (χ3v) is 8.48. The Hall–Kier alpha value is -5.06. The number of carbonyl (C=O) groups is 2. The third-order valence-electron chi connectivity index (χ3n) is 8.48. The normalized spacial score (nSPS) is 16.9. The Bertz CT molecular complexity index is 1800. The van der Waals surface area contributed by atoms with Gasteiger partial charge in [-0.3, -0.25) is 9.59 Å². The van der Waals surface area contributed by atoms with Crippen LogP contribution in [0.3, 0.4) is 0 Å². The molecular formula is C34H32F3N5O3. The van der Waals surface area contributed by atoms with E-state index in [4.69, 9.17) is 0 Å². The van der Waals surface area contributed by atoms with Crippen molar-refractivity contribution in [1.29, 1.82) is 0 Å². The number of nitrogens with zero attached hydrogens (tertiary/aromatic N) is 2. The molecule has 2 bridgehead atoms. The first-order valence-corrected chi connectivity index (χ1v) is 14.9. The fraction of sp³-hybridized carbons (Fsp3) is 0.265. The summed E-state index contributed by atoms with van der Waals surface area (Å²) in [6, 6.07) is 18.2. The molecule has 2 aliphatic rings. The minimum Gasteiger partial charge on any atom is -0.369 e. The number of hydrogen-bond acceptors (Lipinski definition) is 4. The van der Waals surface area contributed by atoms with Crippen molar-refractivity contribution in [2.75, 3.05) is 28.6 Å². The lowest BCUT2D eigenvalue weighted by Gasteiger charge is -2.44. The van der Waals surface area contributed by atoms with Crippen molar-refractivity contribution in [2.24, 2.45) is 5.92 Å². The first-order chi connectivity index (χ1) is 21.7. The molecule has 0 unspecified atom stereocenters. The number of nitrogens with one attached hydrogen (secondary N) is 3. The number of amides is 3. The van der Waals surface area contributed by atoms with Crippen LogP contribution in [0.5, 0.6) is 0 Å². The summed E-state index contributed by atoms with van der Waals surface area (Å²) >= 11 is 0. The molecule has 0 spiro atoms. The van der Waals surface area contributed by atoms with Crippen LogP contribution in [0.15, 0.2) is 77.6 Å². The first kappa shape index (κ1) is 30.0. The summed E-state index contributed by atoms with van der Waals surface area (Å²) in [6.45, 7) is 3.38. The van der Waals surface area contributed by atoms with E-state index in [0.717, 1.165) is 24.1 Å². The molecule has 2 atom stereocenters. The van der Waals surface area contributed by atoms with Gasteiger partial charge in [0.15, 0.2) is 0 Å². The third kappa shape index (κ3) is 6.43. The van der Waals surface area contributed by atoms with Gasteiger partial charge >= 0.3 is 6.03 Å². The minimum absolute atomic E-state index is 0.0163. The predicted octanol–water partition coefficient (Wildman–Crippen LogP) is 6.03. The largest absolute Gasteiger partial charge is 0.369 e. The highest BCUT2D eigenvalue weighted by Gasteiger charge is 2.35. The lowest BCUT2D eigenvalue weighted by atomic mass is 9.83. The molecule has 232 valence electrons. The van der Waals surface area contributed by atoms with E-state index in [-0.39, 0.29) is 23.0 Å². The van der Waals surface area contributed by atoms with E-state index in [9.17, 15) is 27.6 Å². The molecule has 6 rings (SSSR count). The van der Waals surface area contributed by atoms with Crippen molar-refractivity contribution in [3.8, 4) is 0 Å². The highest BCUT2D eigenvalue weighted by Crippen LogP contribution is 2.39. The number of anilines is 3. The fourth-order valence-corrected chi connectivity index (χ4v) is 6.27. The Morgan fingerprint density at radius 1 is 0.889 bits per heavy atom. The van der Waals surface area contributed by atoms with Gasteiger partial charge in [-0.1, -0.05) is 25.1 Å². The monoisotopic (exact) mass is 615 g/mol. The summed E-state index contributed by atoms with van der Waals surface area (Å²) in [5.41, 5.74) is 3.43. The van der Waals surface area contributed by atoms with Gasteiger partial charge in [-0.05, 0) is 60.7 Å². The SMILES string of the molecule is CCc1ccc(NC(=O)Nc2cc(C(=O)NCc3c(F)cc(F)cc3F)ccc2N2C[C@H]3C[C@@H](C2)c2cccc(=O)n2C3)cc1. The zero-order valence-corrected chi connectivity index (χ0v) is 24.6. The van der Waals surface area contributed by atoms with Gasteiger partial charge in [0.2, 0.25) is 0 Å². The average molecular weight is 616 g/mol.